The zero-order valence-electron chi connectivity index (χ0n) is 9.35. The average molecular weight is 320 g/mol. The second-order valence-corrected chi connectivity index (χ2v) is 5.68. The fourth-order valence-corrected chi connectivity index (χ4v) is 2.70. The number of hydrogen-bond donors (Lipinski definition) is 2. The highest BCUT2D eigenvalue weighted by atomic mass is 79.9. The molecule has 3 N–H and O–H groups in total. The van der Waals surface area contributed by atoms with Gasteiger partial charge in [-0.05, 0) is 23.8 Å². The van der Waals surface area contributed by atoms with E-state index in [0.717, 1.165) is 21.2 Å². The van der Waals surface area contributed by atoms with Crippen LogP contribution in [0.25, 0.3) is 23.1 Å². The maximum atomic E-state index is 5.60. The third kappa shape index (κ3) is 2.19. The van der Waals surface area contributed by atoms with Crippen molar-refractivity contribution < 1.29 is 0 Å². The molecule has 5 heteroatoms. The topological polar surface area (TPSA) is 54.7 Å². The molecule has 18 heavy (non-hydrogen) atoms. The molecule has 0 unspecified atom stereocenters. The number of aromatic nitrogens is 2. The lowest BCUT2D eigenvalue weighted by Crippen LogP contribution is -1.80. The Hall–Kier alpha value is -1.59. The van der Waals surface area contributed by atoms with Crippen molar-refractivity contribution in [3.05, 3.63) is 45.5 Å². The molecule has 0 bridgehead atoms. The molecule has 0 saturated carbocycles. The molecular weight excluding hydrogens is 310 g/mol. The number of H-pyrrole nitrogens is 1. The Kier molecular flexibility index (Phi) is 2.93. The summed E-state index contributed by atoms with van der Waals surface area (Å²) in [5, 5.41) is 3.73. The summed E-state index contributed by atoms with van der Waals surface area (Å²) >= 11 is 4.91. The van der Waals surface area contributed by atoms with Gasteiger partial charge >= 0.3 is 0 Å². The summed E-state index contributed by atoms with van der Waals surface area (Å²) in [6, 6.07) is 6.19. The third-order valence-corrected chi connectivity index (χ3v) is 3.83. The monoisotopic (exact) mass is 319 g/mol. The molecule has 3 nitrogen and oxygen atoms in total. The molecule has 0 atom stereocenters. The molecule has 0 fully saturated rings. The van der Waals surface area contributed by atoms with Gasteiger partial charge in [-0.25, -0.2) is 4.98 Å². The lowest BCUT2D eigenvalue weighted by Gasteiger charge is -1.93. The molecule has 0 aliphatic rings. The van der Waals surface area contributed by atoms with Crippen LogP contribution in [0.15, 0.2) is 34.2 Å². The van der Waals surface area contributed by atoms with E-state index in [4.69, 9.17) is 5.73 Å². The Balaban J connectivity index is 1.97. The van der Waals surface area contributed by atoms with Crippen LogP contribution in [0.3, 0.4) is 0 Å². The van der Waals surface area contributed by atoms with Crippen LogP contribution in [0.1, 0.15) is 11.3 Å². The smallest absolute Gasteiger partial charge is 0.180 e. The number of nitrogens with one attached hydrogen (secondary N) is 1. The number of thiazole rings is 1. The van der Waals surface area contributed by atoms with Gasteiger partial charge in [0.1, 0.15) is 0 Å². The first-order valence-electron chi connectivity index (χ1n) is 5.38. The van der Waals surface area contributed by atoms with Crippen LogP contribution in [0.2, 0.25) is 0 Å². The molecule has 2 aromatic heterocycles. The predicted octanol–water partition coefficient (Wildman–Crippen LogP) is 4.14. The van der Waals surface area contributed by atoms with Crippen molar-refractivity contribution in [3.63, 3.8) is 0 Å². The molecule has 0 radical (unpaired) electrons. The van der Waals surface area contributed by atoms with E-state index in [0.29, 0.717) is 5.13 Å². The molecule has 0 spiro atoms. The van der Waals surface area contributed by atoms with Crippen LogP contribution in [0.5, 0.6) is 0 Å². The summed E-state index contributed by atoms with van der Waals surface area (Å²) in [7, 11) is 0. The van der Waals surface area contributed by atoms with E-state index in [1.807, 2.05) is 29.8 Å². The molecular formula is C13H10BrN3S. The van der Waals surface area contributed by atoms with Gasteiger partial charge in [-0.2, -0.15) is 0 Å². The van der Waals surface area contributed by atoms with Crippen molar-refractivity contribution in [2.24, 2.45) is 0 Å². The Bertz CT molecular complexity index is 727. The molecule has 0 amide bonds. The molecule has 0 aliphatic carbocycles. The number of benzene rings is 1. The average Bonchev–Trinajstić information content (AvgIpc) is 2.92. The highest BCUT2D eigenvalue weighted by Gasteiger charge is 2.01. The van der Waals surface area contributed by atoms with Crippen LogP contribution in [0.4, 0.5) is 5.13 Å². The van der Waals surface area contributed by atoms with Gasteiger partial charge < -0.3 is 10.7 Å². The summed E-state index contributed by atoms with van der Waals surface area (Å²) in [5.41, 5.74) is 8.74. The Morgan fingerprint density at radius 1 is 1.33 bits per heavy atom. The molecule has 0 saturated heterocycles. The SMILES string of the molecule is Nc1nc(C=Cc2c[nH]c3cc(Br)ccc23)cs1. The molecule has 0 aliphatic heterocycles. The van der Waals surface area contributed by atoms with Gasteiger partial charge in [0.15, 0.2) is 5.13 Å². The molecule has 3 aromatic rings. The molecule has 3 rings (SSSR count). The van der Waals surface area contributed by atoms with E-state index in [1.165, 1.54) is 16.7 Å². The van der Waals surface area contributed by atoms with Gasteiger partial charge in [0.25, 0.3) is 0 Å². The van der Waals surface area contributed by atoms with E-state index >= 15 is 0 Å². The summed E-state index contributed by atoms with van der Waals surface area (Å²) < 4.78 is 1.07. The minimum absolute atomic E-state index is 0.595. The van der Waals surface area contributed by atoms with Crippen LogP contribution in [-0.4, -0.2) is 9.97 Å². The fraction of sp³-hybridized carbons (Fsp3) is 0. The second-order valence-electron chi connectivity index (χ2n) is 3.88. The van der Waals surface area contributed by atoms with Crippen molar-refractivity contribution in [2.45, 2.75) is 0 Å². The first kappa shape index (κ1) is 11.5. The largest absolute Gasteiger partial charge is 0.375 e. The number of nitrogens with zero attached hydrogens (tertiary/aromatic N) is 1. The minimum atomic E-state index is 0.595. The predicted molar refractivity (Wildman–Crippen MR) is 81.5 cm³/mol. The van der Waals surface area contributed by atoms with Crippen LogP contribution < -0.4 is 5.73 Å². The lowest BCUT2D eigenvalue weighted by atomic mass is 10.1. The van der Waals surface area contributed by atoms with E-state index < -0.39 is 0 Å². The molecule has 1 aromatic carbocycles. The number of nitrogens with two attached hydrogens (primary N) is 1. The number of aromatic amines is 1. The standard InChI is InChI=1S/C13H10BrN3S/c14-9-2-4-11-8(6-16-12(11)5-9)1-3-10-7-18-13(15)17-10/h1-7,16H,(H2,15,17). The number of nitrogen functional groups attached to an aromatic ring is 1. The number of halogens is 1. The summed E-state index contributed by atoms with van der Waals surface area (Å²) in [5.74, 6) is 0. The van der Waals surface area contributed by atoms with Crippen LogP contribution in [0, 0.1) is 0 Å². The lowest BCUT2D eigenvalue weighted by molar-refractivity contribution is 1.39. The quantitative estimate of drug-likeness (QED) is 0.745. The van der Waals surface area contributed by atoms with Gasteiger partial charge in [-0.3, -0.25) is 0 Å². The van der Waals surface area contributed by atoms with Crippen molar-refractivity contribution in [3.8, 4) is 0 Å². The number of fused-ring (bicyclic) bond motifs is 1. The van der Waals surface area contributed by atoms with Crippen molar-refractivity contribution >= 4 is 55.5 Å². The van der Waals surface area contributed by atoms with E-state index in [9.17, 15) is 0 Å². The summed E-state index contributed by atoms with van der Waals surface area (Å²) in [6.07, 6.45) is 6.00. The minimum Gasteiger partial charge on any atom is -0.375 e. The van der Waals surface area contributed by atoms with Crippen LogP contribution in [-0.2, 0) is 0 Å². The van der Waals surface area contributed by atoms with Crippen LogP contribution >= 0.6 is 27.3 Å². The number of hydrogen-bond acceptors (Lipinski definition) is 3. The maximum absolute atomic E-state index is 5.60. The van der Waals surface area contributed by atoms with Crippen molar-refractivity contribution in [2.75, 3.05) is 5.73 Å². The summed E-state index contributed by atoms with van der Waals surface area (Å²) in [6.45, 7) is 0. The first-order valence-corrected chi connectivity index (χ1v) is 7.05. The van der Waals surface area contributed by atoms with E-state index in [2.05, 4.69) is 38.0 Å². The zero-order chi connectivity index (χ0) is 12.5. The van der Waals surface area contributed by atoms with E-state index in [1.54, 1.807) is 0 Å². The first-order chi connectivity index (χ1) is 8.72. The van der Waals surface area contributed by atoms with Gasteiger partial charge in [0.05, 0.1) is 5.69 Å². The van der Waals surface area contributed by atoms with Gasteiger partial charge in [0.2, 0.25) is 0 Å². The van der Waals surface area contributed by atoms with E-state index in [-0.39, 0.29) is 0 Å². The Morgan fingerprint density at radius 2 is 2.22 bits per heavy atom. The molecule has 90 valence electrons. The second kappa shape index (κ2) is 4.59. The Morgan fingerprint density at radius 3 is 3.00 bits per heavy atom. The fourth-order valence-electron chi connectivity index (χ4n) is 1.81. The van der Waals surface area contributed by atoms with Crippen molar-refractivity contribution in [1.29, 1.82) is 0 Å². The highest BCUT2D eigenvalue weighted by molar-refractivity contribution is 9.10. The third-order valence-electron chi connectivity index (χ3n) is 2.65. The normalized spacial score (nSPS) is 11.6. The highest BCUT2D eigenvalue weighted by Crippen LogP contribution is 2.24. The Labute approximate surface area is 116 Å². The molecule has 2 heterocycles. The van der Waals surface area contributed by atoms with Gasteiger partial charge in [-0.15, -0.1) is 11.3 Å². The van der Waals surface area contributed by atoms with Gasteiger partial charge in [-0.1, -0.05) is 28.1 Å². The van der Waals surface area contributed by atoms with Gasteiger partial charge in [0, 0.05) is 27.0 Å². The number of anilines is 1. The zero-order valence-corrected chi connectivity index (χ0v) is 11.8. The summed E-state index contributed by atoms with van der Waals surface area (Å²) in [4.78, 5) is 7.44. The maximum Gasteiger partial charge on any atom is 0.180 e. The van der Waals surface area contributed by atoms with Crippen molar-refractivity contribution in [1.82, 2.24) is 9.97 Å². The number of rotatable bonds is 2.